The molecule has 2 aliphatic heterocycles. The second-order valence-corrected chi connectivity index (χ2v) is 6.65. The Morgan fingerprint density at radius 2 is 1.50 bits per heavy atom. The second-order valence-electron chi connectivity index (χ2n) is 6.65. The molecule has 5 nitrogen and oxygen atoms in total. The van der Waals surface area contributed by atoms with Crippen molar-refractivity contribution < 1.29 is 14.7 Å². The number of aliphatic hydroxyl groups is 1. The Kier molecular flexibility index (Phi) is 3.48. The number of carbonyl (C=O) groups excluding carboxylic acids is 2. The minimum absolute atomic E-state index is 0.0414. The molecule has 3 fully saturated rings. The van der Waals surface area contributed by atoms with Gasteiger partial charge in [0.1, 0.15) is 0 Å². The van der Waals surface area contributed by atoms with Gasteiger partial charge in [-0.1, -0.05) is 6.92 Å². The first kappa shape index (κ1) is 13.9. The Morgan fingerprint density at radius 3 is 2.00 bits per heavy atom. The van der Waals surface area contributed by atoms with Gasteiger partial charge < -0.3 is 14.9 Å². The van der Waals surface area contributed by atoms with Gasteiger partial charge in [0.15, 0.2) is 0 Å². The number of piperidine rings is 1. The van der Waals surface area contributed by atoms with Crippen molar-refractivity contribution in [3.63, 3.8) is 0 Å². The summed E-state index contributed by atoms with van der Waals surface area (Å²) in [4.78, 5) is 28.0. The first-order valence-electron chi connectivity index (χ1n) is 7.82. The van der Waals surface area contributed by atoms with Crippen molar-refractivity contribution in [3.05, 3.63) is 0 Å². The van der Waals surface area contributed by atoms with E-state index in [2.05, 4.69) is 0 Å². The van der Waals surface area contributed by atoms with Crippen LogP contribution in [0.2, 0.25) is 0 Å². The Balaban J connectivity index is 1.46. The molecule has 0 bridgehead atoms. The molecule has 3 aliphatic rings. The van der Waals surface area contributed by atoms with Crippen LogP contribution < -0.4 is 0 Å². The molecule has 0 radical (unpaired) electrons. The monoisotopic (exact) mass is 280 g/mol. The van der Waals surface area contributed by atoms with E-state index in [1.807, 2.05) is 11.8 Å². The van der Waals surface area contributed by atoms with E-state index in [1.165, 1.54) is 0 Å². The third kappa shape index (κ3) is 2.55. The number of hydrogen-bond donors (Lipinski definition) is 1. The van der Waals surface area contributed by atoms with Crippen molar-refractivity contribution in [2.45, 2.75) is 44.6 Å². The van der Waals surface area contributed by atoms with E-state index in [-0.39, 0.29) is 17.7 Å². The molecule has 0 spiro atoms. The lowest BCUT2D eigenvalue weighted by atomic mass is 9.87. The number of hydrogen-bond acceptors (Lipinski definition) is 3. The second kappa shape index (κ2) is 5.02. The summed E-state index contributed by atoms with van der Waals surface area (Å²) < 4.78 is 0. The van der Waals surface area contributed by atoms with Crippen LogP contribution in [0.4, 0.5) is 0 Å². The molecule has 20 heavy (non-hydrogen) atoms. The van der Waals surface area contributed by atoms with E-state index in [1.54, 1.807) is 4.90 Å². The zero-order valence-electron chi connectivity index (χ0n) is 12.2. The van der Waals surface area contributed by atoms with Gasteiger partial charge in [0.25, 0.3) is 0 Å². The Hall–Kier alpha value is -1.10. The molecule has 2 amide bonds. The number of nitrogens with zero attached hydrogens (tertiary/aromatic N) is 2. The minimum Gasteiger partial charge on any atom is -0.386 e. The van der Waals surface area contributed by atoms with Crippen LogP contribution in [-0.2, 0) is 9.59 Å². The van der Waals surface area contributed by atoms with Crippen LogP contribution in [0.5, 0.6) is 0 Å². The fraction of sp³-hybridized carbons (Fsp3) is 0.867. The van der Waals surface area contributed by atoms with Crippen LogP contribution in [0.15, 0.2) is 0 Å². The van der Waals surface area contributed by atoms with E-state index in [0.29, 0.717) is 25.4 Å². The van der Waals surface area contributed by atoms with E-state index >= 15 is 0 Å². The number of rotatable bonds is 3. The summed E-state index contributed by atoms with van der Waals surface area (Å²) in [7, 11) is 0. The minimum atomic E-state index is -0.654. The van der Waals surface area contributed by atoms with Gasteiger partial charge in [-0.3, -0.25) is 9.59 Å². The number of likely N-dealkylation sites (tertiary alicyclic amines) is 2. The fourth-order valence-corrected chi connectivity index (χ4v) is 3.24. The first-order valence-corrected chi connectivity index (χ1v) is 7.82. The first-order chi connectivity index (χ1) is 9.52. The highest BCUT2D eigenvalue weighted by Crippen LogP contribution is 2.33. The van der Waals surface area contributed by atoms with Gasteiger partial charge in [-0.2, -0.15) is 0 Å². The Morgan fingerprint density at radius 1 is 1.00 bits per heavy atom. The summed E-state index contributed by atoms with van der Waals surface area (Å²) in [5, 5.41) is 9.97. The standard InChI is InChI=1S/C15H24N2O3/c1-2-15(20)9-17(10-15)14(19)12-5-7-16(8-6-12)13(18)11-3-4-11/h11-12,20H,2-10H2,1H3. The normalized spacial score (nSPS) is 26.3. The van der Waals surface area contributed by atoms with Gasteiger partial charge in [-0.15, -0.1) is 0 Å². The molecule has 1 aliphatic carbocycles. The lowest BCUT2D eigenvalue weighted by Crippen LogP contribution is -2.64. The summed E-state index contributed by atoms with van der Waals surface area (Å²) in [6.45, 7) is 4.34. The number of amides is 2. The Bertz CT molecular complexity index is 405. The molecule has 0 aromatic carbocycles. The zero-order valence-corrected chi connectivity index (χ0v) is 12.2. The van der Waals surface area contributed by atoms with Crippen LogP contribution >= 0.6 is 0 Å². The fourth-order valence-electron chi connectivity index (χ4n) is 3.24. The number of carbonyl (C=O) groups is 2. The smallest absolute Gasteiger partial charge is 0.226 e. The summed E-state index contributed by atoms with van der Waals surface area (Å²) >= 11 is 0. The van der Waals surface area contributed by atoms with Crippen LogP contribution in [0.25, 0.3) is 0 Å². The van der Waals surface area contributed by atoms with Gasteiger partial charge in [0.05, 0.1) is 18.7 Å². The van der Waals surface area contributed by atoms with Crippen molar-refractivity contribution in [1.29, 1.82) is 0 Å². The maximum absolute atomic E-state index is 12.3. The Labute approximate surface area is 119 Å². The van der Waals surface area contributed by atoms with Gasteiger partial charge >= 0.3 is 0 Å². The van der Waals surface area contributed by atoms with E-state index in [0.717, 1.165) is 38.8 Å². The summed E-state index contributed by atoms with van der Waals surface area (Å²) in [5.41, 5.74) is -0.654. The molecular formula is C15H24N2O3. The third-order valence-corrected chi connectivity index (χ3v) is 5.02. The maximum Gasteiger partial charge on any atom is 0.226 e. The molecule has 1 saturated carbocycles. The predicted octanol–water partition coefficient (Wildman–Crippen LogP) is 0.618. The third-order valence-electron chi connectivity index (χ3n) is 5.02. The van der Waals surface area contributed by atoms with E-state index < -0.39 is 5.60 Å². The molecule has 5 heteroatoms. The average Bonchev–Trinajstić information content (AvgIpc) is 3.27. The molecule has 1 N–H and O–H groups in total. The molecule has 2 heterocycles. The summed E-state index contributed by atoms with van der Waals surface area (Å²) in [6, 6.07) is 0. The van der Waals surface area contributed by atoms with Gasteiger partial charge in [-0.05, 0) is 32.1 Å². The van der Waals surface area contributed by atoms with Gasteiger partial charge in [-0.25, -0.2) is 0 Å². The van der Waals surface area contributed by atoms with Crippen LogP contribution in [-0.4, -0.2) is 58.5 Å². The molecule has 0 unspecified atom stereocenters. The lowest BCUT2D eigenvalue weighted by molar-refractivity contribution is -0.162. The highest BCUT2D eigenvalue weighted by molar-refractivity contribution is 5.82. The highest BCUT2D eigenvalue weighted by Gasteiger charge is 2.44. The molecule has 0 aromatic heterocycles. The van der Waals surface area contributed by atoms with E-state index in [4.69, 9.17) is 0 Å². The average molecular weight is 280 g/mol. The molecule has 0 atom stereocenters. The molecule has 0 aromatic rings. The SMILES string of the molecule is CCC1(O)CN(C(=O)C2CCN(C(=O)C3CC3)CC2)C1. The summed E-state index contributed by atoms with van der Waals surface area (Å²) in [5.74, 6) is 0.777. The van der Waals surface area contributed by atoms with Crippen LogP contribution in [0.3, 0.4) is 0 Å². The van der Waals surface area contributed by atoms with Crippen LogP contribution in [0.1, 0.15) is 39.0 Å². The van der Waals surface area contributed by atoms with Crippen molar-refractivity contribution in [1.82, 2.24) is 9.80 Å². The molecule has 112 valence electrons. The van der Waals surface area contributed by atoms with Crippen molar-refractivity contribution >= 4 is 11.8 Å². The predicted molar refractivity (Wildman–Crippen MR) is 73.8 cm³/mol. The highest BCUT2D eigenvalue weighted by atomic mass is 16.3. The molecule has 2 saturated heterocycles. The topological polar surface area (TPSA) is 60.9 Å². The van der Waals surface area contributed by atoms with Gasteiger partial charge in [0.2, 0.25) is 11.8 Å². The van der Waals surface area contributed by atoms with Crippen molar-refractivity contribution in [2.75, 3.05) is 26.2 Å². The number of β-amino-alcohol motifs (C(OH)–C–C–N with tert-alkyl or cyclic N) is 1. The quantitative estimate of drug-likeness (QED) is 0.824. The zero-order chi connectivity index (χ0) is 14.3. The largest absolute Gasteiger partial charge is 0.386 e. The molecular weight excluding hydrogens is 256 g/mol. The lowest BCUT2D eigenvalue weighted by Gasteiger charge is -2.48. The summed E-state index contributed by atoms with van der Waals surface area (Å²) in [6.07, 6.45) is 4.34. The van der Waals surface area contributed by atoms with Gasteiger partial charge in [0, 0.05) is 24.9 Å². The van der Waals surface area contributed by atoms with Crippen LogP contribution in [0, 0.1) is 11.8 Å². The van der Waals surface area contributed by atoms with Crippen molar-refractivity contribution in [3.8, 4) is 0 Å². The van der Waals surface area contributed by atoms with E-state index in [9.17, 15) is 14.7 Å². The molecule has 3 rings (SSSR count). The maximum atomic E-state index is 12.3. The van der Waals surface area contributed by atoms with Crippen molar-refractivity contribution in [2.24, 2.45) is 11.8 Å².